The highest BCUT2D eigenvalue weighted by Crippen LogP contribution is 2.48. The van der Waals surface area contributed by atoms with Gasteiger partial charge in [0.1, 0.15) is 0 Å². The molecule has 1 saturated carbocycles. The van der Waals surface area contributed by atoms with E-state index in [1.165, 1.54) is 19.3 Å². The largest absolute Gasteiger partial charge is 0.388 e. The summed E-state index contributed by atoms with van der Waals surface area (Å²) in [5, 5.41) is 15.2. The molecule has 0 radical (unpaired) electrons. The van der Waals surface area contributed by atoms with Gasteiger partial charge in [-0.05, 0) is 25.7 Å². The molecule has 1 aliphatic rings. The van der Waals surface area contributed by atoms with Crippen molar-refractivity contribution in [1.82, 2.24) is 9.78 Å². The van der Waals surface area contributed by atoms with Crippen LogP contribution in [0.4, 0.5) is 0 Å². The number of aliphatic hydroxyl groups excluding tert-OH is 1. The maximum absolute atomic E-state index is 10.9. The van der Waals surface area contributed by atoms with Crippen molar-refractivity contribution in [3.05, 3.63) is 17.5 Å². The van der Waals surface area contributed by atoms with Crippen LogP contribution in [-0.2, 0) is 7.05 Å². The molecule has 0 bridgehead atoms. The standard InChI is InChI=1S/C15H27N3O/c1-4-12-6-5-7-15(8-12,10-16)14(19)13-9-18(3)17-11(13)2/h9,12,14,19H,4-8,10,16H2,1-3H3. The lowest BCUT2D eigenvalue weighted by Crippen LogP contribution is -2.41. The van der Waals surface area contributed by atoms with Crippen molar-refractivity contribution < 1.29 is 5.11 Å². The van der Waals surface area contributed by atoms with Crippen molar-refractivity contribution in [3.63, 3.8) is 0 Å². The molecule has 19 heavy (non-hydrogen) atoms. The van der Waals surface area contributed by atoms with Gasteiger partial charge in [-0.25, -0.2) is 0 Å². The summed E-state index contributed by atoms with van der Waals surface area (Å²) < 4.78 is 1.78. The second-order valence-electron chi connectivity index (χ2n) is 6.18. The summed E-state index contributed by atoms with van der Waals surface area (Å²) in [6, 6.07) is 0. The van der Waals surface area contributed by atoms with Gasteiger partial charge < -0.3 is 10.8 Å². The van der Waals surface area contributed by atoms with Gasteiger partial charge in [-0.1, -0.05) is 26.2 Å². The van der Waals surface area contributed by atoms with Gasteiger partial charge in [0, 0.05) is 30.8 Å². The van der Waals surface area contributed by atoms with Crippen LogP contribution in [0, 0.1) is 18.3 Å². The van der Waals surface area contributed by atoms with E-state index in [0.717, 1.165) is 24.1 Å². The predicted molar refractivity (Wildman–Crippen MR) is 76.6 cm³/mol. The number of rotatable bonds is 4. The number of hydrogen-bond donors (Lipinski definition) is 2. The molecule has 0 amide bonds. The molecule has 0 spiro atoms. The Morgan fingerprint density at radius 2 is 2.37 bits per heavy atom. The topological polar surface area (TPSA) is 64.1 Å². The van der Waals surface area contributed by atoms with E-state index in [2.05, 4.69) is 12.0 Å². The molecule has 4 nitrogen and oxygen atoms in total. The molecule has 0 aliphatic heterocycles. The van der Waals surface area contributed by atoms with Crippen LogP contribution in [0.2, 0.25) is 0 Å². The molecule has 2 rings (SSSR count). The monoisotopic (exact) mass is 265 g/mol. The van der Waals surface area contributed by atoms with E-state index < -0.39 is 6.10 Å². The summed E-state index contributed by atoms with van der Waals surface area (Å²) >= 11 is 0. The second kappa shape index (κ2) is 5.63. The van der Waals surface area contributed by atoms with Crippen molar-refractivity contribution in [2.75, 3.05) is 6.54 Å². The van der Waals surface area contributed by atoms with Crippen molar-refractivity contribution in [2.24, 2.45) is 24.1 Å². The molecule has 0 aromatic carbocycles. The quantitative estimate of drug-likeness (QED) is 0.878. The van der Waals surface area contributed by atoms with Gasteiger partial charge in [-0.15, -0.1) is 0 Å². The molecule has 1 heterocycles. The highest BCUT2D eigenvalue weighted by atomic mass is 16.3. The smallest absolute Gasteiger partial charge is 0.0891 e. The lowest BCUT2D eigenvalue weighted by atomic mass is 9.64. The maximum atomic E-state index is 10.9. The summed E-state index contributed by atoms with van der Waals surface area (Å²) in [7, 11) is 1.90. The lowest BCUT2D eigenvalue weighted by Gasteiger charge is -2.43. The molecule has 1 aromatic heterocycles. The van der Waals surface area contributed by atoms with Crippen molar-refractivity contribution in [3.8, 4) is 0 Å². The summed E-state index contributed by atoms with van der Waals surface area (Å²) in [6.45, 7) is 4.75. The Morgan fingerprint density at radius 3 is 2.89 bits per heavy atom. The average molecular weight is 265 g/mol. The van der Waals surface area contributed by atoms with Crippen LogP contribution in [0.25, 0.3) is 0 Å². The van der Waals surface area contributed by atoms with E-state index in [1.54, 1.807) is 4.68 Å². The third-order valence-corrected chi connectivity index (χ3v) is 4.89. The Kier molecular flexibility index (Phi) is 4.31. The van der Waals surface area contributed by atoms with E-state index >= 15 is 0 Å². The fourth-order valence-corrected chi connectivity index (χ4v) is 3.63. The highest BCUT2D eigenvalue weighted by molar-refractivity contribution is 5.21. The summed E-state index contributed by atoms with van der Waals surface area (Å²) in [5.74, 6) is 0.698. The maximum Gasteiger partial charge on any atom is 0.0891 e. The second-order valence-corrected chi connectivity index (χ2v) is 6.18. The predicted octanol–water partition coefficient (Wildman–Crippen LogP) is 2.31. The molecule has 1 fully saturated rings. The zero-order valence-corrected chi connectivity index (χ0v) is 12.4. The SMILES string of the molecule is CCC1CCCC(CN)(C(O)c2cn(C)nc2C)C1. The molecular formula is C15H27N3O. The minimum absolute atomic E-state index is 0.160. The number of nitrogens with two attached hydrogens (primary N) is 1. The molecule has 108 valence electrons. The van der Waals surface area contributed by atoms with Gasteiger partial charge in [0.15, 0.2) is 0 Å². The van der Waals surface area contributed by atoms with E-state index in [9.17, 15) is 5.11 Å². The Hall–Kier alpha value is -0.870. The van der Waals surface area contributed by atoms with Gasteiger partial charge in [0.25, 0.3) is 0 Å². The number of hydrogen-bond acceptors (Lipinski definition) is 3. The van der Waals surface area contributed by atoms with Crippen LogP contribution >= 0.6 is 0 Å². The Balaban J connectivity index is 2.27. The first kappa shape index (κ1) is 14.5. The van der Waals surface area contributed by atoms with Gasteiger partial charge in [0.05, 0.1) is 11.8 Å². The fourth-order valence-electron chi connectivity index (χ4n) is 3.63. The number of aryl methyl sites for hydroxylation is 2. The van der Waals surface area contributed by atoms with Crippen LogP contribution in [0.5, 0.6) is 0 Å². The summed E-state index contributed by atoms with van der Waals surface area (Å²) in [6.07, 6.45) is 7.14. The van der Waals surface area contributed by atoms with E-state index in [0.29, 0.717) is 12.5 Å². The molecule has 3 atom stereocenters. The minimum Gasteiger partial charge on any atom is -0.388 e. The normalized spacial score (nSPS) is 29.4. The number of aromatic nitrogens is 2. The molecule has 0 saturated heterocycles. The van der Waals surface area contributed by atoms with E-state index in [-0.39, 0.29) is 5.41 Å². The molecule has 1 aromatic rings. The third kappa shape index (κ3) is 2.70. The van der Waals surface area contributed by atoms with Gasteiger partial charge in [-0.2, -0.15) is 5.10 Å². The zero-order valence-electron chi connectivity index (χ0n) is 12.4. The zero-order chi connectivity index (χ0) is 14.0. The molecule has 3 unspecified atom stereocenters. The summed E-state index contributed by atoms with van der Waals surface area (Å²) in [5.41, 5.74) is 7.77. The van der Waals surface area contributed by atoms with Crippen molar-refractivity contribution >= 4 is 0 Å². The first-order chi connectivity index (χ1) is 9.02. The number of aliphatic hydroxyl groups is 1. The van der Waals surface area contributed by atoms with Crippen LogP contribution in [0.1, 0.15) is 56.4 Å². The molecule has 1 aliphatic carbocycles. The van der Waals surface area contributed by atoms with Crippen molar-refractivity contribution in [2.45, 2.75) is 52.1 Å². The Bertz CT molecular complexity index is 429. The van der Waals surface area contributed by atoms with Gasteiger partial charge in [-0.3, -0.25) is 4.68 Å². The van der Waals surface area contributed by atoms with Crippen LogP contribution in [0.15, 0.2) is 6.20 Å². The van der Waals surface area contributed by atoms with Crippen LogP contribution in [-0.4, -0.2) is 21.4 Å². The van der Waals surface area contributed by atoms with E-state index in [1.807, 2.05) is 20.2 Å². The molecule has 3 N–H and O–H groups in total. The highest BCUT2D eigenvalue weighted by Gasteiger charge is 2.42. The average Bonchev–Trinajstić information content (AvgIpc) is 2.76. The first-order valence-corrected chi connectivity index (χ1v) is 7.40. The first-order valence-electron chi connectivity index (χ1n) is 7.40. The lowest BCUT2D eigenvalue weighted by molar-refractivity contribution is -0.0165. The van der Waals surface area contributed by atoms with Crippen molar-refractivity contribution in [1.29, 1.82) is 0 Å². The fraction of sp³-hybridized carbons (Fsp3) is 0.800. The summed E-state index contributed by atoms with van der Waals surface area (Å²) in [4.78, 5) is 0. The Morgan fingerprint density at radius 1 is 1.63 bits per heavy atom. The van der Waals surface area contributed by atoms with E-state index in [4.69, 9.17) is 5.73 Å². The minimum atomic E-state index is -0.486. The Labute approximate surface area is 116 Å². The third-order valence-electron chi connectivity index (χ3n) is 4.89. The molecule has 4 heteroatoms. The molecular weight excluding hydrogens is 238 g/mol. The van der Waals surface area contributed by atoms with Crippen LogP contribution in [0.3, 0.4) is 0 Å². The number of nitrogens with zero attached hydrogens (tertiary/aromatic N) is 2. The van der Waals surface area contributed by atoms with Gasteiger partial charge in [0.2, 0.25) is 0 Å². The van der Waals surface area contributed by atoms with Gasteiger partial charge >= 0.3 is 0 Å². The van der Waals surface area contributed by atoms with Crippen LogP contribution < -0.4 is 5.73 Å².